The summed E-state index contributed by atoms with van der Waals surface area (Å²) < 4.78 is 0. The van der Waals surface area contributed by atoms with Crippen LogP contribution in [0.15, 0.2) is 0 Å². The van der Waals surface area contributed by atoms with Crippen LogP contribution in [0.3, 0.4) is 0 Å². The Morgan fingerprint density at radius 2 is 1.04 bits per heavy atom. The molecule has 0 saturated carbocycles. The summed E-state index contributed by atoms with van der Waals surface area (Å²) in [6.45, 7) is 2.26. The summed E-state index contributed by atoms with van der Waals surface area (Å²) >= 11 is 1.26. The first-order valence-electron chi connectivity index (χ1n) is 11.1. The summed E-state index contributed by atoms with van der Waals surface area (Å²) in [6, 6.07) is 0. The number of rotatable bonds is 21. The van der Waals surface area contributed by atoms with Crippen LogP contribution >= 0.6 is 11.8 Å². The fraction of sp³-hybridized carbons (Fsp3) is 0.909. The SMILES string of the molecule is CCCCCCCCCCCCCCCCCCSC(CC(=O)O)C(=O)O. The number of aliphatic carboxylic acids is 2. The van der Waals surface area contributed by atoms with Gasteiger partial charge in [0.25, 0.3) is 0 Å². The molecular formula is C22H42O4S. The van der Waals surface area contributed by atoms with Crippen molar-refractivity contribution in [3.05, 3.63) is 0 Å². The molecule has 2 N–H and O–H groups in total. The molecule has 0 spiro atoms. The van der Waals surface area contributed by atoms with E-state index >= 15 is 0 Å². The van der Waals surface area contributed by atoms with Crippen molar-refractivity contribution < 1.29 is 19.8 Å². The molecule has 0 fully saturated rings. The lowest BCUT2D eigenvalue weighted by atomic mass is 10.0. The Morgan fingerprint density at radius 3 is 1.37 bits per heavy atom. The van der Waals surface area contributed by atoms with E-state index in [9.17, 15) is 9.59 Å². The second-order valence-electron chi connectivity index (χ2n) is 7.60. The minimum absolute atomic E-state index is 0.293. The maximum Gasteiger partial charge on any atom is 0.317 e. The van der Waals surface area contributed by atoms with Gasteiger partial charge in [-0.1, -0.05) is 103 Å². The van der Waals surface area contributed by atoms with E-state index in [-0.39, 0.29) is 6.42 Å². The lowest BCUT2D eigenvalue weighted by molar-refractivity contribution is -0.142. The van der Waals surface area contributed by atoms with Crippen LogP contribution in [0.25, 0.3) is 0 Å². The van der Waals surface area contributed by atoms with Crippen LogP contribution in [0.4, 0.5) is 0 Å². The molecule has 27 heavy (non-hydrogen) atoms. The van der Waals surface area contributed by atoms with Gasteiger partial charge in [-0.2, -0.15) is 0 Å². The lowest BCUT2D eigenvalue weighted by Gasteiger charge is -2.09. The third-order valence-electron chi connectivity index (χ3n) is 4.95. The van der Waals surface area contributed by atoms with Gasteiger partial charge in [0.05, 0.1) is 6.42 Å². The van der Waals surface area contributed by atoms with E-state index in [1.165, 1.54) is 102 Å². The fourth-order valence-corrected chi connectivity index (χ4v) is 4.31. The van der Waals surface area contributed by atoms with Crippen LogP contribution in [0.5, 0.6) is 0 Å². The number of hydrogen-bond donors (Lipinski definition) is 2. The van der Waals surface area contributed by atoms with Gasteiger partial charge in [-0.3, -0.25) is 9.59 Å². The van der Waals surface area contributed by atoms with Crippen molar-refractivity contribution in [3.63, 3.8) is 0 Å². The number of carboxylic acid groups (broad SMARTS) is 2. The van der Waals surface area contributed by atoms with E-state index < -0.39 is 17.2 Å². The number of unbranched alkanes of at least 4 members (excludes halogenated alkanes) is 15. The first kappa shape index (κ1) is 26.3. The zero-order chi connectivity index (χ0) is 20.2. The van der Waals surface area contributed by atoms with E-state index in [0.29, 0.717) is 0 Å². The van der Waals surface area contributed by atoms with E-state index in [4.69, 9.17) is 10.2 Å². The maximum absolute atomic E-state index is 11.0. The molecule has 0 aromatic heterocycles. The molecule has 0 aromatic rings. The number of carbonyl (C=O) groups is 2. The molecule has 0 aliphatic rings. The smallest absolute Gasteiger partial charge is 0.317 e. The van der Waals surface area contributed by atoms with Crippen LogP contribution in [0.2, 0.25) is 0 Å². The molecule has 0 amide bonds. The highest BCUT2D eigenvalue weighted by atomic mass is 32.2. The maximum atomic E-state index is 11.0. The monoisotopic (exact) mass is 402 g/mol. The number of carboxylic acids is 2. The summed E-state index contributed by atoms with van der Waals surface area (Å²) in [7, 11) is 0. The minimum atomic E-state index is -1.04. The van der Waals surface area contributed by atoms with Gasteiger partial charge in [-0.05, 0) is 12.2 Å². The van der Waals surface area contributed by atoms with Crippen LogP contribution in [-0.2, 0) is 9.59 Å². The summed E-state index contributed by atoms with van der Waals surface area (Å²) in [6.07, 6.45) is 20.8. The molecule has 0 aliphatic carbocycles. The molecule has 4 nitrogen and oxygen atoms in total. The molecular weight excluding hydrogens is 360 g/mol. The Balaban J connectivity index is 3.24. The standard InChI is InChI=1S/C22H42O4S/c1-2-3-4-5-6-7-8-9-10-11-12-13-14-15-16-17-18-27-20(22(25)26)19-21(23)24/h20H,2-19H2,1H3,(H,23,24)(H,25,26). The summed E-state index contributed by atoms with van der Waals surface area (Å²) in [5.74, 6) is -1.32. The molecule has 0 bridgehead atoms. The second-order valence-corrected chi connectivity index (χ2v) is 8.91. The normalized spacial score (nSPS) is 12.2. The highest BCUT2D eigenvalue weighted by molar-refractivity contribution is 8.00. The lowest BCUT2D eigenvalue weighted by Crippen LogP contribution is -2.20. The van der Waals surface area contributed by atoms with Crippen molar-refractivity contribution in [2.75, 3.05) is 5.75 Å². The first-order chi connectivity index (χ1) is 13.1. The zero-order valence-corrected chi connectivity index (χ0v) is 18.2. The average Bonchev–Trinajstić information content (AvgIpc) is 2.62. The molecule has 0 radical (unpaired) electrons. The Morgan fingerprint density at radius 1 is 0.667 bits per heavy atom. The molecule has 0 heterocycles. The molecule has 5 heteroatoms. The van der Waals surface area contributed by atoms with Gasteiger partial charge in [0, 0.05) is 0 Å². The fourth-order valence-electron chi connectivity index (χ4n) is 3.25. The van der Waals surface area contributed by atoms with Crippen LogP contribution < -0.4 is 0 Å². The molecule has 0 saturated heterocycles. The number of thioether (sulfide) groups is 1. The van der Waals surface area contributed by atoms with E-state index in [1.807, 2.05) is 0 Å². The Hall–Kier alpha value is -0.710. The molecule has 0 aromatic carbocycles. The van der Waals surface area contributed by atoms with Crippen molar-refractivity contribution in [1.82, 2.24) is 0 Å². The van der Waals surface area contributed by atoms with Crippen molar-refractivity contribution in [3.8, 4) is 0 Å². The highest BCUT2D eigenvalue weighted by Crippen LogP contribution is 2.18. The van der Waals surface area contributed by atoms with Gasteiger partial charge < -0.3 is 10.2 Å². The van der Waals surface area contributed by atoms with Gasteiger partial charge in [0.1, 0.15) is 5.25 Å². The average molecular weight is 403 g/mol. The van der Waals surface area contributed by atoms with Crippen molar-refractivity contribution in [1.29, 1.82) is 0 Å². The van der Waals surface area contributed by atoms with Crippen molar-refractivity contribution in [2.45, 2.75) is 121 Å². The number of hydrogen-bond acceptors (Lipinski definition) is 3. The van der Waals surface area contributed by atoms with Gasteiger partial charge in [0.2, 0.25) is 0 Å². The summed E-state index contributed by atoms with van der Waals surface area (Å²) in [5.41, 5.74) is 0. The van der Waals surface area contributed by atoms with Gasteiger partial charge >= 0.3 is 11.9 Å². The van der Waals surface area contributed by atoms with E-state index in [1.54, 1.807) is 0 Å². The second kappa shape index (κ2) is 20.0. The molecule has 1 atom stereocenters. The van der Waals surface area contributed by atoms with Crippen LogP contribution in [0.1, 0.15) is 116 Å². The van der Waals surface area contributed by atoms with Gasteiger partial charge in [-0.25, -0.2) is 0 Å². The Kier molecular flexibility index (Phi) is 19.5. The topological polar surface area (TPSA) is 74.6 Å². The summed E-state index contributed by atoms with van der Waals surface area (Å²) in [5, 5.41) is 16.9. The van der Waals surface area contributed by atoms with Crippen LogP contribution in [-0.4, -0.2) is 33.2 Å². The van der Waals surface area contributed by atoms with Crippen molar-refractivity contribution >= 4 is 23.7 Å². The highest BCUT2D eigenvalue weighted by Gasteiger charge is 2.20. The van der Waals surface area contributed by atoms with E-state index in [2.05, 4.69) is 6.92 Å². The predicted octanol–water partition coefficient (Wildman–Crippen LogP) is 6.91. The van der Waals surface area contributed by atoms with E-state index in [0.717, 1.165) is 18.6 Å². The van der Waals surface area contributed by atoms with Gasteiger partial charge in [0.15, 0.2) is 0 Å². The quantitative estimate of drug-likeness (QED) is 0.204. The Bertz CT molecular complexity index is 360. The van der Waals surface area contributed by atoms with Crippen LogP contribution in [0, 0.1) is 0 Å². The molecule has 0 rings (SSSR count). The first-order valence-corrected chi connectivity index (χ1v) is 12.2. The van der Waals surface area contributed by atoms with Crippen molar-refractivity contribution in [2.24, 2.45) is 0 Å². The zero-order valence-electron chi connectivity index (χ0n) is 17.4. The van der Waals surface area contributed by atoms with Gasteiger partial charge in [-0.15, -0.1) is 11.8 Å². The third kappa shape index (κ3) is 19.8. The minimum Gasteiger partial charge on any atom is -0.481 e. The third-order valence-corrected chi connectivity index (χ3v) is 6.25. The predicted molar refractivity (Wildman–Crippen MR) is 116 cm³/mol. The molecule has 1 unspecified atom stereocenters. The Labute approximate surface area is 170 Å². The largest absolute Gasteiger partial charge is 0.481 e. The summed E-state index contributed by atoms with van der Waals surface area (Å²) in [4.78, 5) is 21.6. The molecule has 160 valence electrons. The molecule has 0 aliphatic heterocycles.